The minimum absolute atomic E-state index is 0.289. The van der Waals surface area contributed by atoms with Gasteiger partial charge in [-0.15, -0.1) is 11.6 Å². The number of benzene rings is 1. The summed E-state index contributed by atoms with van der Waals surface area (Å²) in [5.74, 6) is 0.323. The quantitative estimate of drug-likeness (QED) is 0.796. The van der Waals surface area contributed by atoms with Crippen molar-refractivity contribution in [3.63, 3.8) is 0 Å². The molecule has 1 unspecified atom stereocenters. The van der Waals surface area contributed by atoms with Gasteiger partial charge in [-0.3, -0.25) is 0 Å². The molecule has 0 N–H and O–H groups in total. The number of hydrogen-bond donors (Lipinski definition) is 0. The molecule has 1 aromatic carbocycles. The van der Waals surface area contributed by atoms with E-state index in [4.69, 9.17) is 11.6 Å². The lowest BCUT2D eigenvalue weighted by Crippen LogP contribution is -2.34. The van der Waals surface area contributed by atoms with Gasteiger partial charge in [0.1, 0.15) is 0 Å². The zero-order valence-electron chi connectivity index (χ0n) is 13.1. The minimum Gasteiger partial charge on any atom is -0.305 e. The molecule has 4 nitrogen and oxygen atoms in total. The molecule has 1 aliphatic rings. The van der Waals surface area contributed by atoms with Crippen LogP contribution < -0.4 is 0 Å². The van der Waals surface area contributed by atoms with Crippen molar-refractivity contribution < 1.29 is 8.42 Å². The highest BCUT2D eigenvalue weighted by Crippen LogP contribution is 2.28. The Morgan fingerprint density at radius 3 is 2.52 bits per heavy atom. The van der Waals surface area contributed by atoms with E-state index in [0.717, 1.165) is 23.1 Å². The molecule has 0 amide bonds. The minimum atomic E-state index is -3.44. The van der Waals surface area contributed by atoms with Gasteiger partial charge in [0, 0.05) is 25.0 Å². The summed E-state index contributed by atoms with van der Waals surface area (Å²) >= 11 is 5.88. The molecule has 0 radical (unpaired) electrons. The van der Waals surface area contributed by atoms with Gasteiger partial charge >= 0.3 is 0 Å². The van der Waals surface area contributed by atoms with Crippen LogP contribution in [0.25, 0.3) is 0 Å². The Bertz CT molecular complexity index is 629. The molecule has 0 bridgehead atoms. The number of halogens is 1. The largest absolute Gasteiger partial charge is 0.305 e. The first-order chi connectivity index (χ1) is 9.77. The van der Waals surface area contributed by atoms with Crippen molar-refractivity contribution in [3.8, 4) is 0 Å². The normalized spacial score (nSPS) is 20.4. The van der Waals surface area contributed by atoms with Crippen LogP contribution in [0.1, 0.15) is 23.1 Å². The third-order valence-corrected chi connectivity index (χ3v) is 6.61. The van der Waals surface area contributed by atoms with Crippen molar-refractivity contribution in [2.45, 2.75) is 37.1 Å². The Labute approximate surface area is 132 Å². The Hall–Kier alpha value is -0.620. The molecule has 1 atom stereocenters. The van der Waals surface area contributed by atoms with Crippen molar-refractivity contribution in [3.05, 3.63) is 28.8 Å². The predicted molar refractivity (Wildman–Crippen MR) is 86.3 cm³/mol. The third-order valence-electron chi connectivity index (χ3n) is 4.31. The molecule has 0 spiro atoms. The summed E-state index contributed by atoms with van der Waals surface area (Å²) in [5.41, 5.74) is 2.63. The van der Waals surface area contributed by atoms with Crippen molar-refractivity contribution in [1.82, 2.24) is 9.21 Å². The van der Waals surface area contributed by atoms with Gasteiger partial charge < -0.3 is 4.90 Å². The van der Waals surface area contributed by atoms with Gasteiger partial charge in [-0.25, -0.2) is 8.42 Å². The molecule has 6 heteroatoms. The first-order valence-corrected chi connectivity index (χ1v) is 9.07. The lowest BCUT2D eigenvalue weighted by Gasteiger charge is -2.21. The second-order valence-corrected chi connectivity index (χ2v) is 8.11. The summed E-state index contributed by atoms with van der Waals surface area (Å²) in [6.07, 6.45) is 0.874. The van der Waals surface area contributed by atoms with Gasteiger partial charge in [0.2, 0.25) is 10.0 Å². The van der Waals surface area contributed by atoms with E-state index in [-0.39, 0.29) is 6.04 Å². The van der Waals surface area contributed by atoms with Crippen LogP contribution in [0.15, 0.2) is 17.0 Å². The molecule has 0 aliphatic carbocycles. The average molecular weight is 331 g/mol. The number of likely N-dealkylation sites (N-methyl/N-ethyl adjacent to an activating group) is 1. The maximum absolute atomic E-state index is 12.9. The summed E-state index contributed by atoms with van der Waals surface area (Å²) in [7, 11) is 0.538. The van der Waals surface area contributed by atoms with Crippen molar-refractivity contribution >= 4 is 21.6 Å². The summed E-state index contributed by atoms with van der Waals surface area (Å²) in [6, 6.07) is 3.96. The lowest BCUT2D eigenvalue weighted by atomic mass is 10.1. The Morgan fingerprint density at radius 2 is 2.00 bits per heavy atom. The van der Waals surface area contributed by atoms with Gasteiger partial charge in [0.25, 0.3) is 0 Å². The number of alkyl halides is 1. The fraction of sp³-hybridized carbons (Fsp3) is 0.600. The maximum Gasteiger partial charge on any atom is 0.243 e. The van der Waals surface area contributed by atoms with Crippen LogP contribution in [0.5, 0.6) is 0 Å². The second kappa shape index (κ2) is 6.24. The third kappa shape index (κ3) is 3.26. The molecule has 0 saturated carbocycles. The monoisotopic (exact) mass is 330 g/mol. The summed E-state index contributed by atoms with van der Waals surface area (Å²) < 4.78 is 27.4. The Kier molecular flexibility index (Phi) is 4.98. The van der Waals surface area contributed by atoms with Crippen LogP contribution in [0.4, 0.5) is 0 Å². The van der Waals surface area contributed by atoms with E-state index in [9.17, 15) is 8.42 Å². The van der Waals surface area contributed by atoms with E-state index in [2.05, 4.69) is 4.90 Å². The first kappa shape index (κ1) is 16.7. The standard InChI is InChI=1S/C15H23ClN2O2S/c1-11-7-13(9-16)8-15(12(11)2)21(19,20)18-6-5-14(10-18)17(3)4/h7-8,14H,5-6,9-10H2,1-4H3. The molecule has 2 rings (SSSR count). The van der Waals surface area contributed by atoms with E-state index >= 15 is 0 Å². The van der Waals surface area contributed by atoms with Gasteiger partial charge in [0.15, 0.2) is 0 Å². The zero-order chi connectivity index (χ0) is 15.8. The Morgan fingerprint density at radius 1 is 1.33 bits per heavy atom. The van der Waals surface area contributed by atoms with Crippen LogP contribution in [-0.2, 0) is 15.9 Å². The van der Waals surface area contributed by atoms with Crippen molar-refractivity contribution in [2.75, 3.05) is 27.2 Å². The SMILES string of the molecule is Cc1cc(CCl)cc(S(=O)(=O)N2CCC(N(C)C)C2)c1C. The summed E-state index contributed by atoms with van der Waals surface area (Å²) in [4.78, 5) is 2.49. The maximum atomic E-state index is 12.9. The van der Waals surface area contributed by atoms with Crippen LogP contribution >= 0.6 is 11.6 Å². The van der Waals surface area contributed by atoms with Gasteiger partial charge in [-0.05, 0) is 57.1 Å². The topological polar surface area (TPSA) is 40.6 Å². The molecule has 1 fully saturated rings. The van der Waals surface area contributed by atoms with Crippen molar-refractivity contribution in [2.24, 2.45) is 0 Å². The van der Waals surface area contributed by atoms with Gasteiger partial charge in [-0.1, -0.05) is 6.07 Å². The molecule has 118 valence electrons. The van der Waals surface area contributed by atoms with E-state index in [1.807, 2.05) is 34.0 Å². The molecular weight excluding hydrogens is 308 g/mol. The summed E-state index contributed by atoms with van der Waals surface area (Å²) in [5, 5.41) is 0. The van der Waals surface area contributed by atoms with Crippen LogP contribution in [0.2, 0.25) is 0 Å². The molecule has 1 aliphatic heterocycles. The fourth-order valence-corrected chi connectivity index (χ4v) is 4.73. The number of sulfonamides is 1. The van der Waals surface area contributed by atoms with Crippen LogP contribution in [0, 0.1) is 13.8 Å². The highest BCUT2D eigenvalue weighted by molar-refractivity contribution is 7.89. The molecular formula is C15H23ClN2O2S. The van der Waals surface area contributed by atoms with E-state index in [1.165, 1.54) is 0 Å². The number of nitrogens with zero attached hydrogens (tertiary/aromatic N) is 2. The molecule has 1 heterocycles. The van der Waals surface area contributed by atoms with E-state index in [1.54, 1.807) is 10.4 Å². The molecule has 1 saturated heterocycles. The lowest BCUT2D eigenvalue weighted by molar-refractivity contribution is 0.302. The number of aryl methyl sites for hydroxylation is 1. The van der Waals surface area contributed by atoms with E-state index in [0.29, 0.717) is 23.9 Å². The van der Waals surface area contributed by atoms with Gasteiger partial charge in [-0.2, -0.15) is 4.31 Å². The number of hydrogen-bond acceptors (Lipinski definition) is 3. The zero-order valence-corrected chi connectivity index (χ0v) is 14.6. The molecule has 1 aromatic rings. The smallest absolute Gasteiger partial charge is 0.243 e. The predicted octanol–water partition coefficient (Wildman–Crippen LogP) is 2.37. The summed E-state index contributed by atoms with van der Waals surface area (Å²) in [6.45, 7) is 4.92. The Balaban J connectivity index is 2.39. The van der Waals surface area contributed by atoms with Gasteiger partial charge in [0.05, 0.1) is 4.90 Å². The highest BCUT2D eigenvalue weighted by Gasteiger charge is 2.34. The molecule has 21 heavy (non-hydrogen) atoms. The van der Waals surface area contributed by atoms with Crippen LogP contribution in [0.3, 0.4) is 0 Å². The number of rotatable bonds is 4. The highest BCUT2D eigenvalue weighted by atomic mass is 35.5. The molecule has 0 aromatic heterocycles. The first-order valence-electron chi connectivity index (χ1n) is 7.10. The fourth-order valence-electron chi connectivity index (χ4n) is 2.73. The van der Waals surface area contributed by atoms with E-state index < -0.39 is 10.0 Å². The average Bonchev–Trinajstić information content (AvgIpc) is 2.92. The van der Waals surface area contributed by atoms with Crippen molar-refractivity contribution in [1.29, 1.82) is 0 Å². The second-order valence-electron chi connectivity index (χ2n) is 5.94. The van der Waals surface area contributed by atoms with Crippen LogP contribution in [-0.4, -0.2) is 50.8 Å².